The highest BCUT2D eigenvalue weighted by atomic mass is 16.5. The molecule has 2 amide bonds. The van der Waals surface area contributed by atoms with Crippen molar-refractivity contribution in [2.75, 3.05) is 70.9 Å². The predicted octanol–water partition coefficient (Wildman–Crippen LogP) is 1.77. The van der Waals surface area contributed by atoms with Crippen LogP contribution in [0.1, 0.15) is 0 Å². The number of morpholine rings is 1. The Labute approximate surface area is 183 Å². The lowest BCUT2D eigenvalue weighted by Crippen LogP contribution is -2.53. The number of rotatable bonds is 6. The van der Waals surface area contributed by atoms with Crippen LogP contribution in [0.5, 0.6) is 0 Å². The maximum absolute atomic E-state index is 12.5. The molecule has 0 aliphatic carbocycles. The molecule has 164 valence electrons. The Kier molecular flexibility index (Phi) is 7.30. The summed E-state index contributed by atoms with van der Waals surface area (Å²) in [5, 5.41) is 2.98. The minimum absolute atomic E-state index is 0.0273. The quantitative estimate of drug-likeness (QED) is 0.769. The van der Waals surface area contributed by atoms with E-state index in [-0.39, 0.29) is 11.8 Å². The molecule has 0 unspecified atom stereocenters. The van der Waals surface area contributed by atoms with Crippen LogP contribution in [0.3, 0.4) is 0 Å². The lowest BCUT2D eigenvalue weighted by Gasteiger charge is -2.36. The topological polar surface area (TPSA) is 65.1 Å². The Morgan fingerprint density at radius 2 is 1.35 bits per heavy atom. The van der Waals surface area contributed by atoms with Crippen LogP contribution in [0, 0.1) is 0 Å². The zero-order valence-electron chi connectivity index (χ0n) is 17.8. The van der Waals surface area contributed by atoms with Gasteiger partial charge in [-0.15, -0.1) is 0 Å². The number of hydrogen-bond acceptors (Lipinski definition) is 5. The molecular formula is C24H30N4O3. The molecule has 31 heavy (non-hydrogen) atoms. The first-order valence-electron chi connectivity index (χ1n) is 10.9. The number of hydrogen-bond donors (Lipinski definition) is 1. The van der Waals surface area contributed by atoms with Gasteiger partial charge in [-0.2, -0.15) is 0 Å². The fourth-order valence-electron chi connectivity index (χ4n) is 3.99. The first kappa shape index (κ1) is 21.5. The fourth-order valence-corrected chi connectivity index (χ4v) is 3.99. The maximum atomic E-state index is 12.5. The van der Waals surface area contributed by atoms with Gasteiger partial charge in [0.1, 0.15) is 0 Å². The van der Waals surface area contributed by atoms with E-state index in [4.69, 9.17) is 4.74 Å². The van der Waals surface area contributed by atoms with Crippen LogP contribution in [-0.4, -0.2) is 92.1 Å². The average Bonchev–Trinajstić information content (AvgIpc) is 2.81. The van der Waals surface area contributed by atoms with Gasteiger partial charge in [-0.1, -0.05) is 42.5 Å². The van der Waals surface area contributed by atoms with E-state index >= 15 is 0 Å². The van der Waals surface area contributed by atoms with E-state index in [1.165, 1.54) is 0 Å². The summed E-state index contributed by atoms with van der Waals surface area (Å²) in [6.45, 7) is 6.61. The number of carbonyl (C=O) groups excluding carboxylic acids is 2. The molecule has 0 aromatic heterocycles. The maximum Gasteiger partial charge on any atom is 0.238 e. The highest BCUT2D eigenvalue weighted by Crippen LogP contribution is 2.21. The van der Waals surface area contributed by atoms with Gasteiger partial charge in [0.25, 0.3) is 0 Å². The fraction of sp³-hybridized carbons (Fsp3) is 0.417. The van der Waals surface area contributed by atoms with E-state index in [1.54, 1.807) is 0 Å². The number of anilines is 1. The molecule has 7 nitrogen and oxygen atoms in total. The molecule has 7 heteroatoms. The average molecular weight is 423 g/mol. The van der Waals surface area contributed by atoms with Gasteiger partial charge in [0, 0.05) is 45.0 Å². The molecule has 1 N–H and O–H groups in total. The Morgan fingerprint density at radius 3 is 2.03 bits per heavy atom. The number of nitrogens with zero attached hydrogens (tertiary/aromatic N) is 3. The number of piperazine rings is 1. The first-order valence-corrected chi connectivity index (χ1v) is 10.9. The van der Waals surface area contributed by atoms with Crippen molar-refractivity contribution in [3.8, 4) is 11.1 Å². The van der Waals surface area contributed by atoms with E-state index in [9.17, 15) is 9.59 Å². The van der Waals surface area contributed by atoms with Gasteiger partial charge < -0.3 is 15.0 Å². The van der Waals surface area contributed by atoms with Crippen LogP contribution in [0.4, 0.5) is 5.69 Å². The molecule has 4 rings (SSSR count). The van der Waals surface area contributed by atoms with Crippen molar-refractivity contribution in [2.45, 2.75) is 0 Å². The Hall–Kier alpha value is -2.74. The number of amides is 2. The van der Waals surface area contributed by atoms with E-state index in [0.29, 0.717) is 39.4 Å². The lowest BCUT2D eigenvalue weighted by molar-refractivity contribution is -0.135. The largest absolute Gasteiger partial charge is 0.379 e. The molecule has 2 aliphatic heterocycles. The minimum Gasteiger partial charge on any atom is -0.379 e. The van der Waals surface area contributed by atoms with Gasteiger partial charge in [0.2, 0.25) is 11.8 Å². The Balaban J connectivity index is 1.20. The van der Waals surface area contributed by atoms with E-state index in [1.807, 2.05) is 47.4 Å². The van der Waals surface area contributed by atoms with Crippen molar-refractivity contribution >= 4 is 17.5 Å². The molecule has 0 bridgehead atoms. The summed E-state index contributed by atoms with van der Waals surface area (Å²) in [6, 6.07) is 18.1. The third kappa shape index (κ3) is 6.13. The van der Waals surface area contributed by atoms with Crippen LogP contribution in [0.15, 0.2) is 54.6 Å². The zero-order chi connectivity index (χ0) is 21.5. The summed E-state index contributed by atoms with van der Waals surface area (Å²) in [5.41, 5.74) is 3.07. The number of nitrogens with one attached hydrogen (secondary N) is 1. The summed E-state index contributed by atoms with van der Waals surface area (Å²) in [4.78, 5) is 31.1. The molecule has 0 spiro atoms. The standard InChI is InChI=1S/C24H30N4O3/c29-23(25-22-8-6-21(7-9-22)20-4-2-1-3-5-20)18-26-10-12-28(13-11-26)24(30)19-27-14-16-31-17-15-27/h1-9H,10-19H2,(H,25,29). The van der Waals surface area contributed by atoms with Crippen LogP contribution in [0.2, 0.25) is 0 Å². The van der Waals surface area contributed by atoms with Crippen LogP contribution in [0.25, 0.3) is 11.1 Å². The lowest BCUT2D eigenvalue weighted by atomic mass is 10.1. The molecule has 2 fully saturated rings. The van der Waals surface area contributed by atoms with Gasteiger partial charge in [0.15, 0.2) is 0 Å². The summed E-state index contributed by atoms with van der Waals surface area (Å²) >= 11 is 0. The van der Waals surface area contributed by atoms with E-state index in [2.05, 4.69) is 27.2 Å². The number of carbonyl (C=O) groups is 2. The van der Waals surface area contributed by atoms with Crippen LogP contribution in [-0.2, 0) is 14.3 Å². The molecule has 0 saturated carbocycles. The number of benzene rings is 2. The molecule has 0 atom stereocenters. The summed E-state index contributed by atoms with van der Waals surface area (Å²) in [7, 11) is 0. The normalized spacial score (nSPS) is 18.0. The van der Waals surface area contributed by atoms with Crippen molar-refractivity contribution in [3.63, 3.8) is 0 Å². The third-order valence-corrected chi connectivity index (χ3v) is 5.83. The van der Waals surface area contributed by atoms with Crippen molar-refractivity contribution in [1.82, 2.24) is 14.7 Å². The monoisotopic (exact) mass is 422 g/mol. The van der Waals surface area contributed by atoms with Crippen molar-refractivity contribution in [1.29, 1.82) is 0 Å². The molecule has 2 aromatic carbocycles. The molecular weight excluding hydrogens is 392 g/mol. The van der Waals surface area contributed by atoms with Crippen LogP contribution < -0.4 is 5.32 Å². The summed E-state index contributed by atoms with van der Waals surface area (Å²) < 4.78 is 5.34. The molecule has 0 radical (unpaired) electrons. The van der Waals surface area contributed by atoms with Gasteiger partial charge in [-0.25, -0.2) is 0 Å². The van der Waals surface area contributed by atoms with Gasteiger partial charge >= 0.3 is 0 Å². The molecule has 2 aromatic rings. The highest BCUT2D eigenvalue weighted by Gasteiger charge is 2.24. The van der Waals surface area contributed by atoms with Crippen LogP contribution >= 0.6 is 0 Å². The van der Waals surface area contributed by atoms with E-state index in [0.717, 1.165) is 43.0 Å². The number of ether oxygens (including phenoxy) is 1. The van der Waals surface area contributed by atoms with Gasteiger partial charge in [-0.05, 0) is 23.3 Å². The van der Waals surface area contributed by atoms with E-state index < -0.39 is 0 Å². The first-order chi connectivity index (χ1) is 15.2. The second-order valence-corrected chi connectivity index (χ2v) is 8.04. The smallest absolute Gasteiger partial charge is 0.238 e. The van der Waals surface area contributed by atoms with Gasteiger partial charge in [0.05, 0.1) is 26.3 Å². The van der Waals surface area contributed by atoms with Crippen molar-refractivity contribution in [3.05, 3.63) is 54.6 Å². The zero-order valence-corrected chi connectivity index (χ0v) is 17.8. The SMILES string of the molecule is O=C(CN1CCN(C(=O)CN2CCOCC2)CC1)Nc1ccc(-c2ccccc2)cc1. The summed E-state index contributed by atoms with van der Waals surface area (Å²) in [6.07, 6.45) is 0. The minimum atomic E-state index is -0.0273. The van der Waals surface area contributed by atoms with Crippen molar-refractivity contribution < 1.29 is 14.3 Å². The van der Waals surface area contributed by atoms with Crippen molar-refractivity contribution in [2.24, 2.45) is 0 Å². The second-order valence-electron chi connectivity index (χ2n) is 8.04. The predicted molar refractivity (Wildman–Crippen MR) is 121 cm³/mol. The highest BCUT2D eigenvalue weighted by molar-refractivity contribution is 5.92. The Bertz CT molecular complexity index is 858. The molecule has 2 aliphatic rings. The molecule has 2 saturated heterocycles. The Morgan fingerprint density at radius 1 is 0.742 bits per heavy atom. The second kappa shape index (κ2) is 10.5. The molecule has 2 heterocycles. The summed E-state index contributed by atoms with van der Waals surface area (Å²) in [5.74, 6) is 0.144. The third-order valence-electron chi connectivity index (χ3n) is 5.83. The van der Waals surface area contributed by atoms with Gasteiger partial charge in [-0.3, -0.25) is 19.4 Å².